The predicted octanol–water partition coefficient (Wildman–Crippen LogP) is 2.11. The Hall–Kier alpha value is -1.95. The van der Waals surface area contributed by atoms with Crippen molar-refractivity contribution in [2.24, 2.45) is 0 Å². The van der Waals surface area contributed by atoms with E-state index in [0.717, 1.165) is 24.6 Å². The summed E-state index contributed by atoms with van der Waals surface area (Å²) in [6, 6.07) is 5.44. The highest BCUT2D eigenvalue weighted by atomic mass is 15.3. The molecule has 0 radical (unpaired) electrons. The Morgan fingerprint density at radius 3 is 2.54 bits per heavy atom. The van der Waals surface area contributed by atoms with Crippen LogP contribution in [0.25, 0.3) is 0 Å². The van der Waals surface area contributed by atoms with Gasteiger partial charge in [-0.2, -0.15) is 5.10 Å². The second-order valence-electron chi connectivity index (χ2n) is 7.00. The molecular formula is C18H26N6. The van der Waals surface area contributed by atoms with Gasteiger partial charge in [0, 0.05) is 55.9 Å². The fraction of sp³-hybridized carbons (Fsp3) is 0.611. The maximum Gasteiger partial charge on any atom is 0.132 e. The summed E-state index contributed by atoms with van der Waals surface area (Å²) in [5.41, 5.74) is 1.06. The number of anilines is 1. The lowest BCUT2D eigenvalue weighted by Crippen LogP contribution is -2.47. The van der Waals surface area contributed by atoms with Crippen molar-refractivity contribution in [3.05, 3.63) is 36.5 Å². The Labute approximate surface area is 143 Å². The lowest BCUT2D eigenvalue weighted by Gasteiger charge is -2.39. The Bertz CT molecular complexity index is 643. The molecule has 0 spiro atoms. The second-order valence-corrected chi connectivity index (χ2v) is 7.00. The van der Waals surface area contributed by atoms with Crippen LogP contribution in [-0.2, 0) is 6.54 Å². The summed E-state index contributed by atoms with van der Waals surface area (Å²) in [5, 5.41) is 4.29. The molecule has 0 amide bonds. The average Bonchev–Trinajstić information content (AvgIpc) is 3.28. The Morgan fingerprint density at radius 2 is 1.88 bits per heavy atom. The number of hydrogen-bond acceptors (Lipinski definition) is 5. The quantitative estimate of drug-likeness (QED) is 0.814. The third-order valence-electron chi connectivity index (χ3n) is 5.15. The van der Waals surface area contributed by atoms with Gasteiger partial charge < -0.3 is 9.80 Å². The molecule has 4 rings (SSSR count). The van der Waals surface area contributed by atoms with Crippen LogP contribution in [0.1, 0.15) is 31.4 Å². The molecule has 2 aromatic rings. The van der Waals surface area contributed by atoms with Crippen LogP contribution in [-0.4, -0.2) is 56.4 Å². The van der Waals surface area contributed by atoms with E-state index in [9.17, 15) is 0 Å². The molecule has 0 bridgehead atoms. The summed E-state index contributed by atoms with van der Waals surface area (Å²) in [6.45, 7) is 6.45. The molecule has 0 N–H and O–H groups in total. The number of nitrogens with zero attached hydrogens (tertiary/aromatic N) is 6. The van der Waals surface area contributed by atoms with E-state index in [2.05, 4.69) is 30.9 Å². The van der Waals surface area contributed by atoms with Crippen LogP contribution in [0, 0.1) is 6.92 Å². The number of likely N-dealkylation sites (tertiary alicyclic amines) is 1. The van der Waals surface area contributed by atoms with Gasteiger partial charge in [-0.1, -0.05) is 0 Å². The molecule has 2 aliphatic rings. The topological polar surface area (TPSA) is 50.1 Å². The monoisotopic (exact) mass is 326 g/mol. The van der Waals surface area contributed by atoms with Crippen molar-refractivity contribution in [3.63, 3.8) is 0 Å². The van der Waals surface area contributed by atoms with Crippen LogP contribution in [0.3, 0.4) is 0 Å². The number of piperidine rings is 1. The van der Waals surface area contributed by atoms with E-state index >= 15 is 0 Å². The summed E-state index contributed by atoms with van der Waals surface area (Å²) in [7, 11) is 0. The van der Waals surface area contributed by atoms with E-state index < -0.39 is 0 Å². The highest BCUT2D eigenvalue weighted by Crippen LogP contribution is 2.35. The first kappa shape index (κ1) is 15.6. The van der Waals surface area contributed by atoms with E-state index in [1.54, 1.807) is 6.33 Å². The SMILES string of the molecule is Cc1cc(N(C2CC2)C2CCN(CCn3cccn3)CC2)ncn1. The number of aryl methyl sites for hydroxylation is 1. The van der Waals surface area contributed by atoms with Gasteiger partial charge in [-0.05, 0) is 38.7 Å². The first-order valence-electron chi connectivity index (χ1n) is 9.06. The molecule has 128 valence electrons. The Kier molecular flexibility index (Phi) is 4.47. The normalized spacial score (nSPS) is 19.5. The van der Waals surface area contributed by atoms with Gasteiger partial charge in [0.25, 0.3) is 0 Å². The van der Waals surface area contributed by atoms with Crippen molar-refractivity contribution in [2.45, 2.75) is 51.2 Å². The van der Waals surface area contributed by atoms with Gasteiger partial charge in [-0.25, -0.2) is 9.97 Å². The summed E-state index contributed by atoms with van der Waals surface area (Å²) < 4.78 is 2.02. The number of hydrogen-bond donors (Lipinski definition) is 0. The second kappa shape index (κ2) is 6.89. The van der Waals surface area contributed by atoms with Gasteiger partial charge >= 0.3 is 0 Å². The van der Waals surface area contributed by atoms with Crippen LogP contribution in [0.4, 0.5) is 5.82 Å². The summed E-state index contributed by atoms with van der Waals surface area (Å²) in [4.78, 5) is 14.0. The van der Waals surface area contributed by atoms with Crippen molar-refractivity contribution < 1.29 is 0 Å². The van der Waals surface area contributed by atoms with Crippen molar-refractivity contribution in [3.8, 4) is 0 Å². The lowest BCUT2D eigenvalue weighted by atomic mass is 10.0. The zero-order chi connectivity index (χ0) is 16.4. The van der Waals surface area contributed by atoms with Crippen molar-refractivity contribution in [2.75, 3.05) is 24.5 Å². The first-order chi connectivity index (χ1) is 11.8. The van der Waals surface area contributed by atoms with Crippen LogP contribution in [0.15, 0.2) is 30.9 Å². The zero-order valence-corrected chi connectivity index (χ0v) is 14.4. The van der Waals surface area contributed by atoms with E-state index in [4.69, 9.17) is 0 Å². The van der Waals surface area contributed by atoms with Crippen molar-refractivity contribution in [1.82, 2.24) is 24.6 Å². The minimum absolute atomic E-state index is 0.618. The molecular weight excluding hydrogens is 300 g/mol. The van der Waals surface area contributed by atoms with Gasteiger partial charge in [0.05, 0.1) is 6.54 Å². The lowest BCUT2D eigenvalue weighted by molar-refractivity contribution is 0.199. The molecule has 1 saturated heterocycles. The molecule has 2 fully saturated rings. The molecule has 6 heteroatoms. The first-order valence-corrected chi connectivity index (χ1v) is 9.06. The largest absolute Gasteiger partial charge is 0.350 e. The molecule has 0 atom stereocenters. The van der Waals surface area contributed by atoms with E-state index in [1.807, 2.05) is 30.1 Å². The number of aromatic nitrogens is 4. The summed E-state index contributed by atoms with van der Waals surface area (Å²) in [5.74, 6) is 1.12. The average molecular weight is 326 g/mol. The van der Waals surface area contributed by atoms with E-state index in [0.29, 0.717) is 12.1 Å². The fourth-order valence-electron chi connectivity index (χ4n) is 3.70. The van der Waals surface area contributed by atoms with Crippen molar-refractivity contribution >= 4 is 5.82 Å². The van der Waals surface area contributed by atoms with Crippen LogP contribution >= 0.6 is 0 Å². The molecule has 2 aromatic heterocycles. The minimum atomic E-state index is 0.618. The maximum absolute atomic E-state index is 4.56. The molecule has 0 unspecified atom stereocenters. The standard InChI is InChI=1S/C18H26N6/c1-15-13-18(20-14-19-15)24(16-3-4-16)17-5-9-22(10-6-17)11-12-23-8-2-7-21-23/h2,7-8,13-14,16-17H,3-6,9-12H2,1H3. The molecule has 24 heavy (non-hydrogen) atoms. The molecule has 0 aromatic carbocycles. The molecule has 3 heterocycles. The number of rotatable bonds is 6. The third-order valence-corrected chi connectivity index (χ3v) is 5.15. The van der Waals surface area contributed by atoms with Gasteiger partial charge in [-0.3, -0.25) is 4.68 Å². The highest BCUT2D eigenvalue weighted by molar-refractivity contribution is 5.43. The third kappa shape index (κ3) is 3.59. The summed E-state index contributed by atoms with van der Waals surface area (Å²) >= 11 is 0. The fourth-order valence-corrected chi connectivity index (χ4v) is 3.70. The van der Waals surface area contributed by atoms with Gasteiger partial charge in [0.15, 0.2) is 0 Å². The molecule has 6 nitrogen and oxygen atoms in total. The smallest absolute Gasteiger partial charge is 0.132 e. The van der Waals surface area contributed by atoms with Crippen LogP contribution < -0.4 is 4.90 Å². The highest BCUT2D eigenvalue weighted by Gasteiger charge is 2.36. The Balaban J connectivity index is 1.35. The van der Waals surface area contributed by atoms with Crippen molar-refractivity contribution in [1.29, 1.82) is 0 Å². The predicted molar refractivity (Wildman–Crippen MR) is 94.0 cm³/mol. The Morgan fingerprint density at radius 1 is 1.08 bits per heavy atom. The van der Waals surface area contributed by atoms with Crippen LogP contribution in [0.5, 0.6) is 0 Å². The van der Waals surface area contributed by atoms with Gasteiger partial charge in [0.1, 0.15) is 12.1 Å². The maximum atomic E-state index is 4.56. The van der Waals surface area contributed by atoms with E-state index in [1.165, 1.54) is 38.8 Å². The molecule has 1 aliphatic carbocycles. The summed E-state index contributed by atoms with van der Waals surface area (Å²) in [6.07, 6.45) is 10.7. The molecule has 1 aliphatic heterocycles. The van der Waals surface area contributed by atoms with Gasteiger partial charge in [-0.15, -0.1) is 0 Å². The van der Waals surface area contributed by atoms with Crippen LogP contribution in [0.2, 0.25) is 0 Å². The minimum Gasteiger partial charge on any atom is -0.350 e. The van der Waals surface area contributed by atoms with Gasteiger partial charge in [0.2, 0.25) is 0 Å². The zero-order valence-electron chi connectivity index (χ0n) is 14.4. The van der Waals surface area contributed by atoms with E-state index in [-0.39, 0.29) is 0 Å². The molecule has 1 saturated carbocycles.